The van der Waals surface area contributed by atoms with Crippen molar-refractivity contribution in [1.29, 1.82) is 0 Å². The van der Waals surface area contributed by atoms with E-state index in [-0.39, 0.29) is 18.0 Å². The van der Waals surface area contributed by atoms with Crippen LogP contribution in [0.2, 0.25) is 0 Å². The molecule has 0 saturated carbocycles. The molecule has 172 valence electrons. The van der Waals surface area contributed by atoms with E-state index in [0.29, 0.717) is 13.0 Å². The fraction of sp³-hybridized carbons (Fsp3) is 0.667. The number of piperidine rings is 1. The van der Waals surface area contributed by atoms with Crippen LogP contribution in [-0.4, -0.2) is 98.1 Å². The van der Waals surface area contributed by atoms with Crippen molar-refractivity contribution < 1.29 is 14.3 Å². The van der Waals surface area contributed by atoms with Crippen molar-refractivity contribution in [2.45, 2.75) is 44.6 Å². The first-order valence-corrected chi connectivity index (χ1v) is 11.6. The van der Waals surface area contributed by atoms with E-state index in [1.807, 2.05) is 48.2 Å². The molecule has 2 fully saturated rings. The first-order valence-electron chi connectivity index (χ1n) is 11.6. The van der Waals surface area contributed by atoms with Crippen LogP contribution in [0.1, 0.15) is 37.7 Å². The smallest absolute Gasteiger partial charge is 0.319 e. The molecule has 31 heavy (non-hydrogen) atoms. The summed E-state index contributed by atoms with van der Waals surface area (Å²) >= 11 is 0. The van der Waals surface area contributed by atoms with E-state index in [2.05, 4.69) is 4.90 Å². The van der Waals surface area contributed by atoms with E-state index in [1.165, 1.54) is 19.3 Å². The summed E-state index contributed by atoms with van der Waals surface area (Å²) in [6.07, 6.45) is 5.89. The van der Waals surface area contributed by atoms with E-state index >= 15 is 0 Å². The molecule has 0 aromatic heterocycles. The van der Waals surface area contributed by atoms with Gasteiger partial charge in [0.25, 0.3) is 0 Å². The number of benzene rings is 1. The van der Waals surface area contributed by atoms with Crippen LogP contribution in [0.15, 0.2) is 24.3 Å². The maximum atomic E-state index is 12.9. The molecule has 0 bridgehead atoms. The minimum Gasteiger partial charge on any atom is -0.497 e. The first kappa shape index (κ1) is 23.4. The molecule has 1 atom stereocenters. The quantitative estimate of drug-likeness (QED) is 0.636. The highest BCUT2D eigenvalue weighted by atomic mass is 16.5. The van der Waals surface area contributed by atoms with E-state index in [4.69, 9.17) is 4.74 Å². The molecule has 1 aromatic rings. The van der Waals surface area contributed by atoms with Gasteiger partial charge in [-0.1, -0.05) is 18.6 Å². The molecule has 7 nitrogen and oxygen atoms in total. The second-order valence-corrected chi connectivity index (χ2v) is 8.90. The number of aryl methyl sites for hydroxylation is 1. The van der Waals surface area contributed by atoms with E-state index in [0.717, 1.165) is 56.9 Å². The van der Waals surface area contributed by atoms with Crippen LogP contribution < -0.4 is 4.74 Å². The Hall–Kier alpha value is -2.28. The molecule has 2 aliphatic heterocycles. The van der Waals surface area contributed by atoms with Crippen LogP contribution >= 0.6 is 0 Å². The topological polar surface area (TPSA) is 56.3 Å². The SMILES string of the molecule is COc1ccc(CCC(=O)N2CCC(N(CCN3CCCCC3)C(=O)N(C)C)C2)cc1. The monoisotopic (exact) mass is 430 g/mol. The minimum atomic E-state index is 0.0505. The maximum absolute atomic E-state index is 12.9. The van der Waals surface area contributed by atoms with Crippen molar-refractivity contribution in [2.75, 3.05) is 60.5 Å². The number of amides is 3. The second-order valence-electron chi connectivity index (χ2n) is 8.90. The van der Waals surface area contributed by atoms with Crippen LogP contribution in [0.25, 0.3) is 0 Å². The number of carbonyl (C=O) groups excluding carboxylic acids is 2. The highest BCUT2D eigenvalue weighted by molar-refractivity contribution is 5.77. The number of carbonyl (C=O) groups is 2. The standard InChI is InChI=1S/C24H38N4O3/c1-25(2)24(30)28(18-17-26-14-5-4-6-15-26)21-13-16-27(19-21)23(29)12-9-20-7-10-22(31-3)11-8-20/h7-8,10-11,21H,4-6,9,12-19H2,1-3H3. The van der Waals surface area contributed by atoms with Gasteiger partial charge in [-0.2, -0.15) is 0 Å². The Labute approximate surface area is 186 Å². The van der Waals surface area contributed by atoms with Gasteiger partial charge < -0.3 is 24.3 Å². The zero-order valence-corrected chi connectivity index (χ0v) is 19.4. The molecule has 1 aromatic carbocycles. The predicted octanol–water partition coefficient (Wildman–Crippen LogP) is 2.70. The summed E-state index contributed by atoms with van der Waals surface area (Å²) in [4.78, 5) is 33.7. The highest BCUT2D eigenvalue weighted by Gasteiger charge is 2.33. The molecular weight excluding hydrogens is 392 g/mol. The van der Waals surface area contributed by atoms with Crippen LogP contribution in [0, 0.1) is 0 Å². The molecule has 0 aliphatic carbocycles. The molecule has 3 rings (SSSR count). The Morgan fingerprint density at radius 2 is 1.77 bits per heavy atom. The van der Waals surface area contributed by atoms with Gasteiger partial charge in [0.1, 0.15) is 5.75 Å². The lowest BCUT2D eigenvalue weighted by molar-refractivity contribution is -0.130. The van der Waals surface area contributed by atoms with Crippen molar-refractivity contribution in [3.8, 4) is 5.75 Å². The molecule has 3 amide bonds. The Balaban J connectivity index is 1.51. The Bertz CT molecular complexity index is 716. The number of rotatable bonds is 8. The van der Waals surface area contributed by atoms with E-state index in [1.54, 1.807) is 12.0 Å². The van der Waals surface area contributed by atoms with Gasteiger partial charge in [0, 0.05) is 46.7 Å². The van der Waals surface area contributed by atoms with Gasteiger partial charge in [-0.05, 0) is 56.5 Å². The summed E-state index contributed by atoms with van der Waals surface area (Å²) in [5, 5.41) is 0. The number of hydrogen-bond acceptors (Lipinski definition) is 4. The van der Waals surface area contributed by atoms with Crippen LogP contribution in [-0.2, 0) is 11.2 Å². The predicted molar refractivity (Wildman–Crippen MR) is 122 cm³/mol. The number of nitrogens with zero attached hydrogens (tertiary/aromatic N) is 4. The number of ether oxygens (including phenoxy) is 1. The van der Waals surface area contributed by atoms with Gasteiger partial charge >= 0.3 is 6.03 Å². The van der Waals surface area contributed by atoms with Gasteiger partial charge in [0.05, 0.1) is 13.2 Å². The van der Waals surface area contributed by atoms with Gasteiger partial charge in [-0.15, -0.1) is 0 Å². The lowest BCUT2D eigenvalue weighted by atomic mass is 10.1. The maximum Gasteiger partial charge on any atom is 0.319 e. The molecule has 2 aliphatic rings. The van der Waals surface area contributed by atoms with Gasteiger partial charge in [-0.25, -0.2) is 4.79 Å². The summed E-state index contributed by atoms with van der Waals surface area (Å²) in [6.45, 7) is 5.28. The number of methoxy groups -OCH3 is 1. The Kier molecular flexibility index (Phi) is 8.58. The molecule has 2 saturated heterocycles. The summed E-state index contributed by atoms with van der Waals surface area (Å²) in [5.74, 6) is 0.999. The largest absolute Gasteiger partial charge is 0.497 e. The normalized spacial score (nSPS) is 19.3. The number of urea groups is 1. The molecule has 2 heterocycles. The molecule has 7 heteroatoms. The zero-order valence-electron chi connectivity index (χ0n) is 19.4. The van der Waals surface area contributed by atoms with Gasteiger partial charge in [0.2, 0.25) is 5.91 Å². The summed E-state index contributed by atoms with van der Waals surface area (Å²) in [5.41, 5.74) is 1.14. The average Bonchev–Trinajstić information content (AvgIpc) is 3.28. The molecule has 1 unspecified atom stereocenters. The Morgan fingerprint density at radius 1 is 1.06 bits per heavy atom. The zero-order chi connectivity index (χ0) is 22.2. The van der Waals surface area contributed by atoms with Crippen LogP contribution in [0.3, 0.4) is 0 Å². The molecule has 0 N–H and O–H groups in total. The summed E-state index contributed by atoms with van der Waals surface area (Å²) < 4.78 is 5.19. The van der Waals surface area contributed by atoms with Crippen molar-refractivity contribution in [2.24, 2.45) is 0 Å². The van der Waals surface area contributed by atoms with Crippen LogP contribution in [0.4, 0.5) is 4.79 Å². The molecule has 0 spiro atoms. The van der Waals surface area contributed by atoms with E-state index in [9.17, 15) is 9.59 Å². The third-order valence-electron chi connectivity index (χ3n) is 6.48. The fourth-order valence-corrected chi connectivity index (χ4v) is 4.55. The molecular formula is C24H38N4O3. The van der Waals surface area contributed by atoms with Gasteiger partial charge in [0.15, 0.2) is 0 Å². The first-order chi connectivity index (χ1) is 15.0. The third kappa shape index (κ3) is 6.60. The highest BCUT2D eigenvalue weighted by Crippen LogP contribution is 2.20. The molecule has 0 radical (unpaired) electrons. The summed E-state index contributed by atoms with van der Waals surface area (Å²) in [7, 11) is 5.27. The average molecular weight is 431 g/mol. The van der Waals surface area contributed by atoms with Crippen LogP contribution in [0.5, 0.6) is 5.75 Å². The van der Waals surface area contributed by atoms with Gasteiger partial charge in [-0.3, -0.25) is 4.79 Å². The second kappa shape index (κ2) is 11.4. The van der Waals surface area contributed by atoms with Crippen molar-refractivity contribution in [3.05, 3.63) is 29.8 Å². The number of hydrogen-bond donors (Lipinski definition) is 0. The minimum absolute atomic E-state index is 0.0505. The third-order valence-corrected chi connectivity index (χ3v) is 6.48. The lowest BCUT2D eigenvalue weighted by Crippen LogP contribution is -2.50. The van der Waals surface area contributed by atoms with Crippen molar-refractivity contribution in [1.82, 2.24) is 19.6 Å². The fourth-order valence-electron chi connectivity index (χ4n) is 4.55. The van der Waals surface area contributed by atoms with Crippen molar-refractivity contribution >= 4 is 11.9 Å². The Morgan fingerprint density at radius 3 is 2.42 bits per heavy atom. The lowest BCUT2D eigenvalue weighted by Gasteiger charge is -2.34. The number of likely N-dealkylation sites (tertiary alicyclic amines) is 2. The summed E-state index contributed by atoms with van der Waals surface area (Å²) in [6, 6.07) is 8.03. The van der Waals surface area contributed by atoms with E-state index < -0.39 is 0 Å². The van der Waals surface area contributed by atoms with Crippen molar-refractivity contribution in [3.63, 3.8) is 0 Å².